The number of carbonyl (C=O) groups excluding carboxylic acids is 3. The molecule has 1 aromatic carbocycles. The molecule has 8 heteroatoms. The maximum Gasteiger partial charge on any atom is 0.408 e. The van der Waals surface area contributed by atoms with Gasteiger partial charge in [0.25, 0.3) is 0 Å². The number of nitrogens with one attached hydrogen (secondary N) is 2. The number of hydrogen-bond acceptors (Lipinski definition) is 5. The Kier molecular flexibility index (Phi) is 11.3. The molecule has 0 heterocycles. The first-order valence-electron chi connectivity index (χ1n) is 12.9. The SMILES string of the molecule is CCCC(C)NC(=O)C(c1ccccc1O)N(C(=O)C(CC(C)C)NC(=O)OC(C)(C)C)C(C)(C)C. The Hall–Kier alpha value is -2.77. The first-order chi connectivity index (χ1) is 16.5. The summed E-state index contributed by atoms with van der Waals surface area (Å²) in [5.74, 6) is -0.809. The van der Waals surface area contributed by atoms with Gasteiger partial charge in [0, 0.05) is 17.1 Å². The molecule has 0 radical (unpaired) electrons. The van der Waals surface area contributed by atoms with Gasteiger partial charge < -0.3 is 25.4 Å². The standard InChI is InChI=1S/C28H47N3O5/c1-11-14-19(4)29-24(33)23(20-15-12-13-16-22(20)32)31(27(5,6)7)25(34)21(17-18(2)3)30-26(35)36-28(8,9)10/h12-13,15-16,18-19,21,23,32H,11,14,17H2,1-10H3,(H,29,33)(H,30,35). The summed E-state index contributed by atoms with van der Waals surface area (Å²) in [6.45, 7) is 18.6. The van der Waals surface area contributed by atoms with Crippen molar-refractivity contribution in [2.45, 2.75) is 118 Å². The topological polar surface area (TPSA) is 108 Å². The first kappa shape index (κ1) is 31.3. The predicted molar refractivity (Wildman–Crippen MR) is 143 cm³/mol. The fraction of sp³-hybridized carbons (Fsp3) is 0.679. The van der Waals surface area contributed by atoms with Crippen molar-refractivity contribution in [2.75, 3.05) is 0 Å². The number of carbonyl (C=O) groups is 3. The summed E-state index contributed by atoms with van der Waals surface area (Å²) in [5, 5.41) is 16.5. The number of phenolic OH excluding ortho intramolecular Hbond substituents is 1. The van der Waals surface area contributed by atoms with Crippen molar-refractivity contribution in [2.24, 2.45) is 5.92 Å². The van der Waals surface area contributed by atoms with Gasteiger partial charge in [0.05, 0.1) is 0 Å². The Balaban J connectivity index is 3.58. The normalized spacial score (nSPS) is 14.5. The number of alkyl carbamates (subject to hydrolysis) is 1. The van der Waals surface area contributed by atoms with Gasteiger partial charge >= 0.3 is 6.09 Å². The van der Waals surface area contributed by atoms with Crippen molar-refractivity contribution in [1.29, 1.82) is 0 Å². The lowest BCUT2D eigenvalue weighted by molar-refractivity contribution is -0.149. The number of hydrogen-bond donors (Lipinski definition) is 3. The van der Waals surface area contributed by atoms with E-state index >= 15 is 0 Å². The molecule has 0 saturated heterocycles. The van der Waals surface area contributed by atoms with Gasteiger partial charge in [-0.15, -0.1) is 0 Å². The highest BCUT2D eigenvalue weighted by molar-refractivity contribution is 5.93. The zero-order chi connectivity index (χ0) is 27.8. The number of nitrogens with zero attached hydrogens (tertiary/aromatic N) is 1. The third kappa shape index (κ3) is 9.70. The van der Waals surface area contributed by atoms with Crippen molar-refractivity contribution in [1.82, 2.24) is 15.5 Å². The van der Waals surface area contributed by atoms with Gasteiger partial charge in [-0.3, -0.25) is 9.59 Å². The van der Waals surface area contributed by atoms with E-state index in [0.717, 1.165) is 12.8 Å². The Bertz CT molecular complexity index is 886. The van der Waals surface area contributed by atoms with Gasteiger partial charge in [-0.25, -0.2) is 4.79 Å². The molecular formula is C28H47N3O5. The van der Waals surface area contributed by atoms with Crippen LogP contribution in [0.5, 0.6) is 5.75 Å². The quantitative estimate of drug-likeness (QED) is 0.400. The van der Waals surface area contributed by atoms with Crippen molar-refractivity contribution in [3.05, 3.63) is 29.8 Å². The third-order valence-corrected chi connectivity index (χ3v) is 5.50. The average Bonchev–Trinajstić information content (AvgIpc) is 2.69. The second kappa shape index (κ2) is 13.0. The molecular weight excluding hydrogens is 458 g/mol. The van der Waals surface area contributed by atoms with Crippen LogP contribution in [0.15, 0.2) is 24.3 Å². The number of para-hydroxylation sites is 1. The van der Waals surface area contributed by atoms with E-state index in [9.17, 15) is 19.5 Å². The summed E-state index contributed by atoms with van der Waals surface area (Å²) in [6, 6.07) is 4.40. The molecule has 8 nitrogen and oxygen atoms in total. The van der Waals surface area contributed by atoms with Gasteiger partial charge in [0.2, 0.25) is 11.8 Å². The molecule has 0 fully saturated rings. The molecule has 0 spiro atoms. The summed E-state index contributed by atoms with van der Waals surface area (Å²) in [7, 11) is 0. The maximum absolute atomic E-state index is 14.2. The van der Waals surface area contributed by atoms with Crippen LogP contribution >= 0.6 is 0 Å². The van der Waals surface area contributed by atoms with Crippen molar-refractivity contribution < 1.29 is 24.2 Å². The predicted octanol–water partition coefficient (Wildman–Crippen LogP) is 5.30. The Morgan fingerprint density at radius 3 is 2.06 bits per heavy atom. The molecule has 1 aromatic rings. The molecule has 3 amide bonds. The maximum atomic E-state index is 14.2. The van der Waals surface area contributed by atoms with Crippen LogP contribution in [0.4, 0.5) is 4.79 Å². The van der Waals surface area contributed by atoms with E-state index in [-0.39, 0.29) is 23.6 Å². The number of ether oxygens (including phenoxy) is 1. The van der Waals surface area contributed by atoms with E-state index in [0.29, 0.717) is 12.0 Å². The largest absolute Gasteiger partial charge is 0.508 e. The third-order valence-electron chi connectivity index (χ3n) is 5.50. The minimum absolute atomic E-state index is 0.0802. The molecule has 0 aromatic heterocycles. The van der Waals surface area contributed by atoms with Crippen LogP contribution in [0, 0.1) is 5.92 Å². The molecule has 0 aliphatic carbocycles. The molecule has 204 valence electrons. The Morgan fingerprint density at radius 2 is 1.58 bits per heavy atom. The number of phenols is 1. The van der Waals surface area contributed by atoms with Gasteiger partial charge in [-0.05, 0) is 73.3 Å². The van der Waals surface area contributed by atoms with Gasteiger partial charge in [-0.1, -0.05) is 45.4 Å². The molecule has 3 atom stereocenters. The molecule has 0 aliphatic rings. The number of benzene rings is 1. The Labute approximate surface area is 217 Å². The minimum atomic E-state index is -1.10. The van der Waals surface area contributed by atoms with Gasteiger partial charge in [0.1, 0.15) is 23.4 Å². The zero-order valence-electron chi connectivity index (χ0n) is 23.8. The minimum Gasteiger partial charge on any atom is -0.508 e. The summed E-state index contributed by atoms with van der Waals surface area (Å²) in [6.07, 6.45) is 1.32. The van der Waals surface area contributed by atoms with E-state index < -0.39 is 35.2 Å². The molecule has 0 aliphatic heterocycles. The highest BCUT2D eigenvalue weighted by atomic mass is 16.6. The second-order valence-corrected chi connectivity index (χ2v) is 11.9. The van der Waals surface area contributed by atoms with Gasteiger partial charge in [0.15, 0.2) is 0 Å². The first-order valence-corrected chi connectivity index (χ1v) is 12.9. The number of amides is 3. The average molecular weight is 506 g/mol. The molecule has 3 N–H and O–H groups in total. The summed E-state index contributed by atoms with van der Waals surface area (Å²) >= 11 is 0. The molecule has 0 saturated carbocycles. The lowest BCUT2D eigenvalue weighted by atomic mass is 9.93. The molecule has 0 bridgehead atoms. The smallest absolute Gasteiger partial charge is 0.408 e. The van der Waals surface area contributed by atoms with Crippen molar-refractivity contribution >= 4 is 17.9 Å². The van der Waals surface area contributed by atoms with Gasteiger partial charge in [-0.2, -0.15) is 0 Å². The highest BCUT2D eigenvalue weighted by Crippen LogP contribution is 2.35. The molecule has 1 rings (SSSR count). The van der Waals surface area contributed by atoms with E-state index in [1.54, 1.807) is 39.0 Å². The van der Waals surface area contributed by atoms with Crippen molar-refractivity contribution in [3.63, 3.8) is 0 Å². The fourth-order valence-corrected chi connectivity index (χ4v) is 4.10. The highest BCUT2D eigenvalue weighted by Gasteiger charge is 2.43. The summed E-state index contributed by atoms with van der Waals surface area (Å²) in [4.78, 5) is 42.0. The second-order valence-electron chi connectivity index (χ2n) is 11.9. The van der Waals surface area contributed by atoms with Crippen LogP contribution in [0.25, 0.3) is 0 Å². The van der Waals surface area contributed by atoms with Crippen LogP contribution in [0.1, 0.15) is 100 Å². The van der Waals surface area contributed by atoms with E-state index in [1.165, 1.54) is 11.0 Å². The lowest BCUT2D eigenvalue weighted by Crippen LogP contribution is -2.59. The lowest BCUT2D eigenvalue weighted by Gasteiger charge is -2.43. The summed E-state index contributed by atoms with van der Waals surface area (Å²) < 4.78 is 5.42. The molecule has 3 unspecified atom stereocenters. The van der Waals surface area contributed by atoms with E-state index in [1.807, 2.05) is 48.5 Å². The van der Waals surface area contributed by atoms with Crippen molar-refractivity contribution in [3.8, 4) is 5.75 Å². The summed E-state index contributed by atoms with van der Waals surface area (Å²) in [5.41, 5.74) is -1.23. The zero-order valence-corrected chi connectivity index (χ0v) is 23.8. The number of rotatable bonds is 10. The monoisotopic (exact) mass is 505 g/mol. The van der Waals surface area contributed by atoms with E-state index in [4.69, 9.17) is 4.74 Å². The number of aromatic hydroxyl groups is 1. The Morgan fingerprint density at radius 1 is 1.00 bits per heavy atom. The van der Waals surface area contributed by atoms with Crippen LogP contribution in [-0.2, 0) is 14.3 Å². The van der Waals surface area contributed by atoms with Crippen LogP contribution in [0.2, 0.25) is 0 Å². The fourth-order valence-electron chi connectivity index (χ4n) is 4.10. The molecule has 36 heavy (non-hydrogen) atoms. The van der Waals surface area contributed by atoms with Crippen LogP contribution in [0.3, 0.4) is 0 Å². The van der Waals surface area contributed by atoms with Crippen LogP contribution in [-0.4, -0.2) is 51.1 Å². The van der Waals surface area contributed by atoms with E-state index in [2.05, 4.69) is 10.6 Å². The van der Waals surface area contributed by atoms with Crippen LogP contribution < -0.4 is 10.6 Å².